The van der Waals surface area contributed by atoms with Gasteiger partial charge in [-0.3, -0.25) is 4.79 Å². The van der Waals surface area contributed by atoms with Crippen molar-refractivity contribution in [3.05, 3.63) is 63.8 Å². The monoisotopic (exact) mass is 391 g/mol. The van der Waals surface area contributed by atoms with Crippen LogP contribution in [0.2, 0.25) is 10.0 Å². The van der Waals surface area contributed by atoms with E-state index >= 15 is 0 Å². The number of carbonyl (C=O) groups is 1. The van der Waals surface area contributed by atoms with Gasteiger partial charge in [-0.15, -0.1) is 0 Å². The summed E-state index contributed by atoms with van der Waals surface area (Å²) in [7, 11) is 1.57. The van der Waals surface area contributed by atoms with Gasteiger partial charge in [-0.1, -0.05) is 41.4 Å². The maximum absolute atomic E-state index is 13.0. The quantitative estimate of drug-likeness (QED) is 0.551. The number of furan rings is 1. The van der Waals surface area contributed by atoms with Gasteiger partial charge in [-0.2, -0.15) is 0 Å². The summed E-state index contributed by atoms with van der Waals surface area (Å²) in [4.78, 5) is 14.8. The van der Waals surface area contributed by atoms with Crippen LogP contribution in [0.15, 0.2) is 46.9 Å². The maximum Gasteiger partial charge on any atom is 0.290 e. The molecule has 0 fully saturated rings. The van der Waals surface area contributed by atoms with Crippen LogP contribution in [0.4, 0.5) is 0 Å². The molecule has 136 valence electrons. The molecule has 3 aromatic rings. The molecule has 0 aliphatic carbocycles. The first-order valence-corrected chi connectivity index (χ1v) is 8.97. The van der Waals surface area contributed by atoms with Crippen molar-refractivity contribution in [1.29, 1.82) is 0 Å². The fraction of sp³-hybridized carbons (Fsp3) is 0.250. The van der Waals surface area contributed by atoms with Crippen LogP contribution in [0, 0.1) is 0 Å². The van der Waals surface area contributed by atoms with Crippen LogP contribution in [0.25, 0.3) is 11.0 Å². The number of methoxy groups -OCH3 is 1. The molecular formula is C20H19Cl2NO3. The Labute approximate surface area is 162 Å². The Morgan fingerprint density at radius 1 is 1.15 bits per heavy atom. The van der Waals surface area contributed by atoms with Crippen LogP contribution in [0.5, 0.6) is 5.75 Å². The molecule has 0 saturated heterocycles. The van der Waals surface area contributed by atoms with Gasteiger partial charge in [0.2, 0.25) is 0 Å². The van der Waals surface area contributed by atoms with Gasteiger partial charge in [0.25, 0.3) is 5.91 Å². The number of halogens is 2. The first-order valence-electron chi connectivity index (χ1n) is 8.22. The normalized spacial score (nSPS) is 11.2. The van der Waals surface area contributed by atoms with Gasteiger partial charge in [-0.05, 0) is 43.7 Å². The van der Waals surface area contributed by atoms with Crippen LogP contribution in [-0.2, 0) is 6.54 Å². The summed E-state index contributed by atoms with van der Waals surface area (Å²) < 4.78 is 11.1. The SMILES string of the molecule is COc1cccc2cc(C(=O)N(Cc3ccc(Cl)c(Cl)c3)C(C)C)oc12. The Morgan fingerprint density at radius 3 is 2.58 bits per heavy atom. The third kappa shape index (κ3) is 3.67. The topological polar surface area (TPSA) is 42.7 Å². The molecule has 0 atom stereocenters. The predicted molar refractivity (Wildman–Crippen MR) is 104 cm³/mol. The molecule has 0 bridgehead atoms. The number of carbonyl (C=O) groups excluding carboxylic acids is 1. The first-order chi connectivity index (χ1) is 12.4. The zero-order valence-electron chi connectivity index (χ0n) is 14.8. The van der Waals surface area contributed by atoms with Crippen molar-refractivity contribution in [2.45, 2.75) is 26.4 Å². The Kier molecular flexibility index (Phi) is 5.44. The van der Waals surface area contributed by atoms with Crippen LogP contribution in [0.3, 0.4) is 0 Å². The van der Waals surface area contributed by atoms with Crippen LogP contribution in [0.1, 0.15) is 30.0 Å². The largest absolute Gasteiger partial charge is 0.493 e. The molecule has 4 nitrogen and oxygen atoms in total. The third-order valence-corrected chi connectivity index (χ3v) is 4.90. The zero-order valence-corrected chi connectivity index (χ0v) is 16.3. The van der Waals surface area contributed by atoms with E-state index in [4.69, 9.17) is 32.4 Å². The Bertz CT molecular complexity index is 949. The van der Waals surface area contributed by atoms with Crippen LogP contribution in [-0.4, -0.2) is 24.0 Å². The van der Waals surface area contributed by atoms with E-state index in [1.807, 2.05) is 32.0 Å². The average Bonchev–Trinajstić information content (AvgIpc) is 3.06. The standard InChI is InChI=1S/C20H19Cl2NO3/c1-12(2)23(11-13-7-8-15(21)16(22)9-13)20(24)18-10-14-5-4-6-17(25-3)19(14)26-18/h4-10,12H,11H2,1-3H3. The van der Waals surface area contributed by atoms with E-state index in [0.29, 0.717) is 27.9 Å². The van der Waals surface area contributed by atoms with Crippen LogP contribution >= 0.6 is 23.2 Å². The van der Waals surface area contributed by atoms with E-state index in [1.165, 1.54) is 0 Å². The highest BCUT2D eigenvalue weighted by molar-refractivity contribution is 6.42. The lowest BCUT2D eigenvalue weighted by atomic mass is 10.1. The summed E-state index contributed by atoms with van der Waals surface area (Å²) in [5, 5.41) is 1.78. The van der Waals surface area contributed by atoms with Crippen molar-refractivity contribution in [1.82, 2.24) is 4.90 Å². The molecular weight excluding hydrogens is 373 g/mol. The minimum absolute atomic E-state index is 0.0212. The zero-order chi connectivity index (χ0) is 18.8. The molecule has 0 radical (unpaired) electrons. The third-order valence-electron chi connectivity index (χ3n) is 4.16. The second-order valence-electron chi connectivity index (χ2n) is 6.26. The lowest BCUT2D eigenvalue weighted by Crippen LogP contribution is -2.36. The van der Waals surface area contributed by atoms with Crippen molar-refractivity contribution in [3.8, 4) is 5.75 Å². The molecule has 0 unspecified atom stereocenters. The lowest BCUT2D eigenvalue weighted by Gasteiger charge is -2.26. The summed E-state index contributed by atoms with van der Waals surface area (Å²) >= 11 is 12.1. The number of amides is 1. The van der Waals surface area contributed by atoms with Crippen LogP contribution < -0.4 is 4.74 Å². The molecule has 2 aromatic carbocycles. The number of hydrogen-bond acceptors (Lipinski definition) is 3. The number of hydrogen-bond donors (Lipinski definition) is 0. The molecule has 1 heterocycles. The van der Waals surface area contributed by atoms with Crippen molar-refractivity contribution in [2.75, 3.05) is 7.11 Å². The number of benzene rings is 2. The van der Waals surface area contributed by atoms with Gasteiger partial charge in [0.1, 0.15) is 0 Å². The summed E-state index contributed by atoms with van der Waals surface area (Å²) in [5.41, 5.74) is 1.46. The fourth-order valence-electron chi connectivity index (χ4n) is 2.77. The number of fused-ring (bicyclic) bond motifs is 1. The van der Waals surface area contributed by atoms with Crippen molar-refractivity contribution in [2.24, 2.45) is 0 Å². The molecule has 1 amide bonds. The molecule has 0 saturated carbocycles. The highest BCUT2D eigenvalue weighted by Gasteiger charge is 2.23. The Morgan fingerprint density at radius 2 is 1.92 bits per heavy atom. The fourth-order valence-corrected chi connectivity index (χ4v) is 3.09. The number of para-hydroxylation sites is 1. The van der Waals surface area contributed by atoms with E-state index in [9.17, 15) is 4.79 Å². The Hall–Kier alpha value is -2.17. The minimum Gasteiger partial charge on any atom is -0.493 e. The average molecular weight is 392 g/mol. The van der Waals surface area contributed by atoms with Gasteiger partial charge in [-0.25, -0.2) is 0 Å². The number of ether oxygens (including phenoxy) is 1. The Balaban J connectivity index is 1.92. The van der Waals surface area contributed by atoms with Gasteiger partial charge < -0.3 is 14.1 Å². The summed E-state index contributed by atoms with van der Waals surface area (Å²) in [6.45, 7) is 4.32. The predicted octanol–water partition coefficient (Wildman–Crippen LogP) is 5.80. The second-order valence-corrected chi connectivity index (χ2v) is 7.08. The second kappa shape index (κ2) is 7.60. The highest BCUT2D eigenvalue weighted by Crippen LogP contribution is 2.30. The van der Waals surface area contributed by atoms with Gasteiger partial charge >= 0.3 is 0 Å². The molecule has 6 heteroatoms. The van der Waals surface area contributed by atoms with E-state index < -0.39 is 0 Å². The van der Waals surface area contributed by atoms with E-state index in [1.54, 1.807) is 36.3 Å². The van der Waals surface area contributed by atoms with E-state index in [0.717, 1.165) is 10.9 Å². The lowest BCUT2D eigenvalue weighted by molar-refractivity contribution is 0.0660. The van der Waals surface area contributed by atoms with Crippen molar-refractivity contribution in [3.63, 3.8) is 0 Å². The molecule has 0 spiro atoms. The minimum atomic E-state index is -0.190. The van der Waals surface area contributed by atoms with Crippen molar-refractivity contribution < 1.29 is 13.9 Å². The summed E-state index contributed by atoms with van der Waals surface area (Å²) in [6, 6.07) is 12.6. The highest BCUT2D eigenvalue weighted by atomic mass is 35.5. The number of nitrogens with zero attached hydrogens (tertiary/aromatic N) is 1. The summed E-state index contributed by atoms with van der Waals surface area (Å²) in [6.07, 6.45) is 0. The number of rotatable bonds is 5. The smallest absolute Gasteiger partial charge is 0.290 e. The maximum atomic E-state index is 13.0. The van der Waals surface area contributed by atoms with Crippen molar-refractivity contribution >= 4 is 40.1 Å². The molecule has 3 rings (SSSR count). The molecule has 0 N–H and O–H groups in total. The van der Waals surface area contributed by atoms with Gasteiger partial charge in [0, 0.05) is 18.0 Å². The van der Waals surface area contributed by atoms with E-state index in [2.05, 4.69) is 0 Å². The van der Waals surface area contributed by atoms with E-state index in [-0.39, 0.29) is 17.7 Å². The molecule has 1 aromatic heterocycles. The molecule has 0 aliphatic heterocycles. The van der Waals surface area contributed by atoms with Gasteiger partial charge in [0.15, 0.2) is 17.1 Å². The molecule has 26 heavy (non-hydrogen) atoms. The summed E-state index contributed by atoms with van der Waals surface area (Å²) in [5.74, 6) is 0.685. The first kappa shape index (κ1) is 18.6. The molecule has 0 aliphatic rings. The van der Waals surface area contributed by atoms with Gasteiger partial charge in [0.05, 0.1) is 17.2 Å².